The van der Waals surface area contributed by atoms with Crippen molar-refractivity contribution in [3.63, 3.8) is 0 Å². The number of nitrogens with zero attached hydrogens (tertiary/aromatic N) is 2. The van der Waals surface area contributed by atoms with Crippen LogP contribution < -0.4 is 4.72 Å². The van der Waals surface area contributed by atoms with Crippen molar-refractivity contribution in [1.29, 1.82) is 5.26 Å². The van der Waals surface area contributed by atoms with Gasteiger partial charge in [0.2, 0.25) is 0 Å². The monoisotopic (exact) mass is 343 g/mol. The Morgan fingerprint density at radius 1 is 1.17 bits per heavy atom. The number of aromatic nitrogens is 1. The largest absolute Gasteiger partial charge is 0.391 e. The molecule has 1 aliphatic carbocycles. The minimum atomic E-state index is -3.79. The summed E-state index contributed by atoms with van der Waals surface area (Å²) in [6.45, 7) is 0. The molecule has 0 radical (unpaired) electrons. The van der Waals surface area contributed by atoms with Gasteiger partial charge in [0.25, 0.3) is 10.0 Å². The average molecular weight is 343 g/mol. The van der Waals surface area contributed by atoms with Crippen LogP contribution in [0.25, 0.3) is 11.3 Å². The third kappa shape index (κ3) is 3.46. The van der Waals surface area contributed by atoms with E-state index in [1.54, 1.807) is 36.4 Å². The topological polar surface area (TPSA) is 103 Å². The minimum absolute atomic E-state index is 0.0801. The van der Waals surface area contributed by atoms with E-state index in [0.717, 1.165) is 12.0 Å². The number of aliphatic hydroxyl groups excluding tert-OH is 1. The molecule has 1 aliphatic rings. The van der Waals surface area contributed by atoms with E-state index in [1.165, 1.54) is 6.07 Å². The summed E-state index contributed by atoms with van der Waals surface area (Å²) >= 11 is 0. The van der Waals surface area contributed by atoms with Gasteiger partial charge < -0.3 is 5.11 Å². The van der Waals surface area contributed by atoms with Crippen LogP contribution in [0.1, 0.15) is 24.8 Å². The standard InChI is InChI=1S/C17H17N3O3S/c18-11-12-7-9-13(10-8-12)14-3-2-6-17(19-14)24(22,23)20-15-4-1-5-16(15)21/h2-3,6-10,15-16,20-21H,1,4-5H2/t15-,16?/m0/s1. The molecule has 0 amide bonds. The molecule has 0 saturated heterocycles. The van der Waals surface area contributed by atoms with Crippen LogP contribution in [0.5, 0.6) is 0 Å². The molecule has 2 aromatic rings. The zero-order valence-corrected chi connectivity index (χ0v) is 13.7. The molecule has 7 heteroatoms. The summed E-state index contributed by atoms with van der Waals surface area (Å²) in [4.78, 5) is 4.22. The van der Waals surface area contributed by atoms with Gasteiger partial charge in [0, 0.05) is 11.6 Å². The molecule has 1 fully saturated rings. The van der Waals surface area contributed by atoms with Crippen molar-refractivity contribution < 1.29 is 13.5 Å². The lowest BCUT2D eigenvalue weighted by Gasteiger charge is -2.16. The van der Waals surface area contributed by atoms with E-state index in [1.807, 2.05) is 6.07 Å². The van der Waals surface area contributed by atoms with Crippen molar-refractivity contribution in [3.8, 4) is 17.3 Å². The SMILES string of the molecule is N#Cc1ccc(-c2cccc(S(=O)(=O)N[C@H]3CCCC3O)n2)cc1. The molecule has 0 spiro atoms. The van der Waals surface area contributed by atoms with Gasteiger partial charge in [0.05, 0.1) is 23.4 Å². The van der Waals surface area contributed by atoms with Crippen LogP contribution >= 0.6 is 0 Å². The second-order valence-electron chi connectivity index (χ2n) is 5.78. The zero-order valence-electron chi connectivity index (χ0n) is 12.9. The minimum Gasteiger partial charge on any atom is -0.391 e. The Balaban J connectivity index is 1.87. The second kappa shape index (κ2) is 6.69. The highest BCUT2D eigenvalue weighted by molar-refractivity contribution is 7.89. The van der Waals surface area contributed by atoms with E-state index in [9.17, 15) is 13.5 Å². The smallest absolute Gasteiger partial charge is 0.258 e. The molecule has 1 aromatic heterocycles. The Hall–Kier alpha value is -2.27. The van der Waals surface area contributed by atoms with Crippen molar-refractivity contribution >= 4 is 10.0 Å². The number of hydrogen-bond donors (Lipinski definition) is 2. The van der Waals surface area contributed by atoms with Gasteiger partial charge in [-0.25, -0.2) is 18.1 Å². The Bertz CT molecular complexity index is 873. The fourth-order valence-corrected chi connectivity index (χ4v) is 4.05. The maximum absolute atomic E-state index is 12.5. The summed E-state index contributed by atoms with van der Waals surface area (Å²) in [5, 5.41) is 18.6. The molecule has 1 unspecified atom stereocenters. The molecule has 3 rings (SSSR count). The second-order valence-corrected chi connectivity index (χ2v) is 7.44. The van der Waals surface area contributed by atoms with Gasteiger partial charge >= 0.3 is 0 Å². The quantitative estimate of drug-likeness (QED) is 0.881. The number of pyridine rings is 1. The summed E-state index contributed by atoms with van der Waals surface area (Å²) in [5.41, 5.74) is 1.76. The molecule has 24 heavy (non-hydrogen) atoms. The lowest BCUT2D eigenvalue weighted by Crippen LogP contribution is -2.40. The van der Waals surface area contributed by atoms with Gasteiger partial charge in [-0.05, 0) is 43.5 Å². The van der Waals surface area contributed by atoms with E-state index < -0.39 is 22.2 Å². The molecule has 1 saturated carbocycles. The van der Waals surface area contributed by atoms with Crippen LogP contribution in [0.15, 0.2) is 47.5 Å². The maximum atomic E-state index is 12.5. The molecule has 1 heterocycles. The summed E-state index contributed by atoms with van der Waals surface area (Å²) < 4.78 is 27.5. The van der Waals surface area contributed by atoms with Crippen LogP contribution in [-0.2, 0) is 10.0 Å². The first-order valence-corrected chi connectivity index (χ1v) is 9.16. The first-order chi connectivity index (χ1) is 11.5. The summed E-state index contributed by atoms with van der Waals surface area (Å²) in [6, 6.07) is 13.1. The number of aliphatic hydroxyl groups is 1. The number of nitrogens with one attached hydrogen (secondary N) is 1. The number of rotatable bonds is 4. The number of hydrogen-bond acceptors (Lipinski definition) is 5. The number of nitriles is 1. The third-order valence-corrected chi connectivity index (χ3v) is 5.49. The molecule has 1 aromatic carbocycles. The Kier molecular flexibility index (Phi) is 4.62. The van der Waals surface area contributed by atoms with Crippen LogP contribution in [0, 0.1) is 11.3 Å². The van der Waals surface area contributed by atoms with Gasteiger partial charge in [0.15, 0.2) is 5.03 Å². The molecule has 124 valence electrons. The van der Waals surface area contributed by atoms with Gasteiger partial charge in [-0.15, -0.1) is 0 Å². The fourth-order valence-electron chi connectivity index (χ4n) is 2.78. The first kappa shape index (κ1) is 16.6. The van der Waals surface area contributed by atoms with E-state index in [2.05, 4.69) is 9.71 Å². The predicted octanol–water partition coefficient (Wildman–Crippen LogP) is 1.81. The summed E-state index contributed by atoms with van der Waals surface area (Å²) in [5.74, 6) is 0. The Morgan fingerprint density at radius 3 is 2.54 bits per heavy atom. The fraction of sp³-hybridized carbons (Fsp3) is 0.294. The van der Waals surface area contributed by atoms with Crippen LogP contribution in [0.2, 0.25) is 0 Å². The summed E-state index contributed by atoms with van der Waals surface area (Å²) in [7, 11) is -3.79. The Labute approximate surface area is 140 Å². The molecular weight excluding hydrogens is 326 g/mol. The van der Waals surface area contributed by atoms with Crippen LogP contribution in [0.3, 0.4) is 0 Å². The van der Waals surface area contributed by atoms with Crippen LogP contribution in [0.4, 0.5) is 0 Å². The normalized spacial score (nSPS) is 20.7. The molecular formula is C17H17N3O3S. The van der Waals surface area contributed by atoms with E-state index in [0.29, 0.717) is 24.1 Å². The van der Waals surface area contributed by atoms with E-state index in [-0.39, 0.29) is 5.03 Å². The number of sulfonamides is 1. The lowest BCUT2D eigenvalue weighted by molar-refractivity contribution is 0.159. The van der Waals surface area contributed by atoms with E-state index in [4.69, 9.17) is 5.26 Å². The van der Waals surface area contributed by atoms with Gasteiger partial charge in [-0.3, -0.25) is 0 Å². The molecule has 0 bridgehead atoms. The van der Waals surface area contributed by atoms with Crippen molar-refractivity contribution in [2.24, 2.45) is 0 Å². The number of benzene rings is 1. The highest BCUT2D eigenvalue weighted by Crippen LogP contribution is 2.22. The first-order valence-electron chi connectivity index (χ1n) is 7.67. The van der Waals surface area contributed by atoms with Gasteiger partial charge in [-0.1, -0.05) is 18.2 Å². The maximum Gasteiger partial charge on any atom is 0.258 e. The molecule has 0 aliphatic heterocycles. The molecule has 2 N–H and O–H groups in total. The van der Waals surface area contributed by atoms with Crippen molar-refractivity contribution in [3.05, 3.63) is 48.0 Å². The van der Waals surface area contributed by atoms with Crippen molar-refractivity contribution in [2.45, 2.75) is 36.4 Å². The predicted molar refractivity (Wildman–Crippen MR) is 88.4 cm³/mol. The third-order valence-electron chi connectivity index (χ3n) is 4.09. The lowest BCUT2D eigenvalue weighted by atomic mass is 10.1. The highest BCUT2D eigenvalue weighted by atomic mass is 32.2. The van der Waals surface area contributed by atoms with E-state index >= 15 is 0 Å². The average Bonchev–Trinajstić information content (AvgIpc) is 2.99. The van der Waals surface area contributed by atoms with Gasteiger partial charge in [-0.2, -0.15) is 5.26 Å². The Morgan fingerprint density at radius 2 is 1.92 bits per heavy atom. The van der Waals surface area contributed by atoms with Crippen molar-refractivity contribution in [2.75, 3.05) is 0 Å². The van der Waals surface area contributed by atoms with Crippen LogP contribution in [-0.4, -0.2) is 30.7 Å². The molecule has 2 atom stereocenters. The van der Waals surface area contributed by atoms with Crippen molar-refractivity contribution in [1.82, 2.24) is 9.71 Å². The highest BCUT2D eigenvalue weighted by Gasteiger charge is 2.30. The zero-order chi connectivity index (χ0) is 17.2. The molecule has 6 nitrogen and oxygen atoms in total. The van der Waals surface area contributed by atoms with Gasteiger partial charge in [0.1, 0.15) is 0 Å². The summed E-state index contributed by atoms with van der Waals surface area (Å²) in [6.07, 6.45) is 1.37.